The molecule has 6 nitrogen and oxygen atoms in total. The summed E-state index contributed by atoms with van der Waals surface area (Å²) in [6.45, 7) is 0.423. The van der Waals surface area contributed by atoms with Crippen molar-refractivity contribution in [2.24, 2.45) is 5.92 Å². The zero-order chi connectivity index (χ0) is 21.0. The van der Waals surface area contributed by atoms with E-state index in [1.165, 1.54) is 25.3 Å². The van der Waals surface area contributed by atoms with Gasteiger partial charge in [-0.1, -0.05) is 36.6 Å². The van der Waals surface area contributed by atoms with Gasteiger partial charge in [0.15, 0.2) is 0 Å². The first-order valence-electron chi connectivity index (χ1n) is 9.14. The molecule has 1 amide bonds. The van der Waals surface area contributed by atoms with Crippen LogP contribution in [0.15, 0.2) is 41.3 Å². The molecule has 0 spiro atoms. The van der Waals surface area contributed by atoms with Crippen molar-refractivity contribution in [2.75, 3.05) is 13.7 Å². The van der Waals surface area contributed by atoms with E-state index in [1.807, 2.05) is 4.72 Å². The van der Waals surface area contributed by atoms with Gasteiger partial charge in [0.25, 0.3) is 15.9 Å². The molecule has 0 heterocycles. The lowest BCUT2D eigenvalue weighted by atomic mass is 10.1. The van der Waals surface area contributed by atoms with Crippen LogP contribution in [0, 0.1) is 11.7 Å². The maximum Gasteiger partial charge on any atom is 0.268 e. The maximum atomic E-state index is 14.5. The molecule has 1 N–H and O–H groups in total. The zero-order valence-electron chi connectivity index (χ0n) is 15.8. The highest BCUT2D eigenvalue weighted by molar-refractivity contribution is 7.90. The van der Waals surface area contributed by atoms with Crippen LogP contribution in [0.25, 0.3) is 0 Å². The van der Waals surface area contributed by atoms with Crippen molar-refractivity contribution in [3.63, 3.8) is 0 Å². The standard InChI is InChI=1S/C20H21ClFNO5S/c1-27-17-8-4-5-9-19(17)29(25,26)23-20(24)14-10-15(21)18(11-16(14)22)28-12-13-6-2-3-7-13/h4-5,8-11,13H,2-3,6-7,12H2,1H3,(H,23,24). The van der Waals surface area contributed by atoms with E-state index in [0.717, 1.165) is 37.8 Å². The third-order valence-electron chi connectivity index (χ3n) is 4.80. The first kappa shape index (κ1) is 21.4. The van der Waals surface area contributed by atoms with Crippen LogP contribution >= 0.6 is 11.6 Å². The number of hydrogen-bond donors (Lipinski definition) is 1. The summed E-state index contributed by atoms with van der Waals surface area (Å²) in [6, 6.07) is 7.85. The Labute approximate surface area is 174 Å². The molecule has 3 rings (SSSR count). The summed E-state index contributed by atoms with van der Waals surface area (Å²) in [5.41, 5.74) is -0.498. The van der Waals surface area contributed by atoms with Crippen molar-refractivity contribution in [2.45, 2.75) is 30.6 Å². The fraction of sp³-hybridized carbons (Fsp3) is 0.350. The Morgan fingerprint density at radius 3 is 2.59 bits per heavy atom. The Bertz CT molecular complexity index is 1010. The Hall–Kier alpha value is -2.32. The van der Waals surface area contributed by atoms with E-state index >= 15 is 0 Å². The van der Waals surface area contributed by atoms with Crippen LogP contribution in [0.3, 0.4) is 0 Å². The van der Waals surface area contributed by atoms with E-state index in [0.29, 0.717) is 12.5 Å². The average Bonchev–Trinajstić information content (AvgIpc) is 3.21. The van der Waals surface area contributed by atoms with E-state index in [1.54, 1.807) is 6.07 Å². The van der Waals surface area contributed by atoms with E-state index < -0.39 is 27.3 Å². The molecule has 9 heteroatoms. The molecule has 1 fully saturated rings. The Balaban J connectivity index is 1.77. The van der Waals surface area contributed by atoms with E-state index in [4.69, 9.17) is 21.1 Å². The van der Waals surface area contributed by atoms with Gasteiger partial charge in [-0.05, 0) is 37.0 Å². The lowest BCUT2D eigenvalue weighted by Crippen LogP contribution is -2.31. The number of amides is 1. The van der Waals surface area contributed by atoms with Crippen molar-refractivity contribution >= 4 is 27.5 Å². The second-order valence-corrected chi connectivity index (χ2v) is 8.87. The number of methoxy groups -OCH3 is 1. The smallest absolute Gasteiger partial charge is 0.268 e. The Kier molecular flexibility index (Phi) is 6.64. The highest BCUT2D eigenvalue weighted by Crippen LogP contribution is 2.31. The van der Waals surface area contributed by atoms with Gasteiger partial charge in [0.1, 0.15) is 22.2 Å². The summed E-state index contributed by atoms with van der Waals surface area (Å²) in [6.07, 6.45) is 4.41. The van der Waals surface area contributed by atoms with E-state index in [2.05, 4.69) is 0 Å². The van der Waals surface area contributed by atoms with Crippen molar-refractivity contribution in [1.29, 1.82) is 0 Å². The van der Waals surface area contributed by atoms with Gasteiger partial charge in [0.05, 0.1) is 24.3 Å². The largest absolute Gasteiger partial charge is 0.495 e. The minimum Gasteiger partial charge on any atom is -0.495 e. The maximum absolute atomic E-state index is 14.5. The third-order valence-corrected chi connectivity index (χ3v) is 6.47. The van der Waals surface area contributed by atoms with Crippen LogP contribution in [-0.4, -0.2) is 28.0 Å². The highest BCUT2D eigenvalue weighted by Gasteiger charge is 2.25. The molecule has 0 atom stereocenters. The number of nitrogens with one attached hydrogen (secondary N) is 1. The van der Waals surface area contributed by atoms with Crippen LogP contribution in [-0.2, 0) is 10.0 Å². The predicted octanol–water partition coefficient (Wildman–Crippen LogP) is 4.18. The molecule has 0 aliphatic heterocycles. The SMILES string of the molecule is COc1ccccc1S(=O)(=O)NC(=O)c1cc(Cl)c(OCC2CCCC2)cc1F. The zero-order valence-corrected chi connectivity index (χ0v) is 17.4. The van der Waals surface area contributed by atoms with E-state index in [-0.39, 0.29) is 21.4 Å². The van der Waals surface area contributed by atoms with E-state index in [9.17, 15) is 17.6 Å². The van der Waals surface area contributed by atoms with Crippen molar-refractivity contribution in [1.82, 2.24) is 4.72 Å². The number of para-hydroxylation sites is 1. The van der Waals surface area contributed by atoms with Gasteiger partial charge in [-0.3, -0.25) is 4.79 Å². The monoisotopic (exact) mass is 441 g/mol. The second kappa shape index (κ2) is 9.00. The molecule has 0 bridgehead atoms. The topological polar surface area (TPSA) is 81.7 Å². The number of carbonyl (C=O) groups is 1. The fourth-order valence-corrected chi connectivity index (χ4v) is 4.63. The summed E-state index contributed by atoms with van der Waals surface area (Å²) in [7, 11) is -2.97. The van der Waals surface area contributed by atoms with Gasteiger partial charge in [0.2, 0.25) is 0 Å². The molecule has 156 valence electrons. The number of halogens is 2. The van der Waals surface area contributed by atoms with Gasteiger partial charge < -0.3 is 9.47 Å². The van der Waals surface area contributed by atoms with Gasteiger partial charge in [0, 0.05) is 6.07 Å². The Morgan fingerprint density at radius 2 is 1.90 bits per heavy atom. The van der Waals surface area contributed by atoms with Gasteiger partial charge in [-0.15, -0.1) is 0 Å². The number of ether oxygens (including phenoxy) is 2. The molecule has 1 saturated carbocycles. The summed E-state index contributed by atoms with van der Waals surface area (Å²) in [5.74, 6) is -1.48. The van der Waals surface area contributed by atoms with Crippen molar-refractivity contribution in [3.05, 3.63) is 52.8 Å². The first-order valence-corrected chi connectivity index (χ1v) is 11.0. The lowest BCUT2D eigenvalue weighted by molar-refractivity contribution is 0.0977. The molecule has 0 aromatic heterocycles. The molecule has 29 heavy (non-hydrogen) atoms. The summed E-state index contributed by atoms with van der Waals surface area (Å²) >= 11 is 6.13. The quantitative estimate of drug-likeness (QED) is 0.697. The summed E-state index contributed by atoms with van der Waals surface area (Å²) in [4.78, 5) is 12.2. The van der Waals surface area contributed by atoms with Crippen LogP contribution in [0.4, 0.5) is 4.39 Å². The Morgan fingerprint density at radius 1 is 1.21 bits per heavy atom. The van der Waals surface area contributed by atoms with Crippen LogP contribution in [0.1, 0.15) is 36.0 Å². The van der Waals surface area contributed by atoms with Crippen LogP contribution in [0.2, 0.25) is 5.02 Å². The molecule has 0 radical (unpaired) electrons. The third kappa shape index (κ3) is 5.00. The van der Waals surface area contributed by atoms with Crippen LogP contribution in [0.5, 0.6) is 11.5 Å². The average molecular weight is 442 g/mol. The second-order valence-electron chi connectivity index (χ2n) is 6.81. The van der Waals surface area contributed by atoms with Crippen LogP contribution < -0.4 is 14.2 Å². The number of hydrogen-bond acceptors (Lipinski definition) is 5. The molecule has 2 aromatic carbocycles. The van der Waals surface area contributed by atoms with Crippen molar-refractivity contribution in [3.8, 4) is 11.5 Å². The number of sulfonamides is 1. The molecule has 0 unspecified atom stereocenters. The molecular weight excluding hydrogens is 421 g/mol. The predicted molar refractivity (Wildman–Crippen MR) is 107 cm³/mol. The molecule has 1 aliphatic carbocycles. The lowest BCUT2D eigenvalue weighted by Gasteiger charge is -2.14. The fourth-order valence-electron chi connectivity index (χ4n) is 3.27. The van der Waals surface area contributed by atoms with Crippen molar-refractivity contribution < 1.29 is 27.1 Å². The molecule has 2 aromatic rings. The van der Waals surface area contributed by atoms with Gasteiger partial charge in [-0.25, -0.2) is 17.5 Å². The minimum atomic E-state index is -4.28. The number of benzene rings is 2. The number of carbonyl (C=O) groups excluding carboxylic acids is 1. The molecular formula is C20H21ClFNO5S. The summed E-state index contributed by atoms with van der Waals surface area (Å²) < 4.78 is 52.0. The molecule has 1 aliphatic rings. The molecule has 0 saturated heterocycles. The van der Waals surface area contributed by atoms with Gasteiger partial charge >= 0.3 is 0 Å². The highest BCUT2D eigenvalue weighted by atomic mass is 35.5. The van der Waals surface area contributed by atoms with Gasteiger partial charge in [-0.2, -0.15) is 0 Å². The number of rotatable bonds is 7. The normalized spacial score (nSPS) is 14.6. The summed E-state index contributed by atoms with van der Waals surface area (Å²) in [5, 5.41) is 0.0317. The first-order chi connectivity index (χ1) is 13.8. The minimum absolute atomic E-state index is 0.0317.